The molecular formula is C25H23NO5. The molecule has 2 aromatic carbocycles. The van der Waals surface area contributed by atoms with Gasteiger partial charge in [-0.2, -0.15) is 0 Å². The van der Waals surface area contributed by atoms with E-state index in [9.17, 15) is 14.7 Å². The van der Waals surface area contributed by atoms with E-state index in [1.54, 1.807) is 31.4 Å². The summed E-state index contributed by atoms with van der Waals surface area (Å²) in [6.07, 6.45) is 2.34. The molecule has 1 N–H and O–H groups in total. The second-order valence-electron chi connectivity index (χ2n) is 7.34. The minimum atomic E-state index is -0.827. The van der Waals surface area contributed by atoms with E-state index in [2.05, 4.69) is 0 Å². The Bertz CT molecular complexity index is 1130. The standard InChI is InChI=1S/C25H23NO5/c1-3-16-9-11-18(12-10-16)23(27)21-22(20-8-5-13-31-20)26(25(29)24(21)28)15-17-6-4-7-19(14-17)30-2/h4-14,22,27H,3,15H2,1-2H3/b23-21-. The average molecular weight is 417 g/mol. The van der Waals surface area contributed by atoms with E-state index in [1.807, 2.05) is 43.3 Å². The molecule has 1 fully saturated rings. The van der Waals surface area contributed by atoms with Gasteiger partial charge < -0.3 is 19.2 Å². The second kappa shape index (κ2) is 8.52. The van der Waals surface area contributed by atoms with Crippen LogP contribution in [0.4, 0.5) is 0 Å². The third-order valence-electron chi connectivity index (χ3n) is 5.48. The zero-order chi connectivity index (χ0) is 22.0. The molecule has 1 aromatic heterocycles. The number of aryl methyl sites for hydroxylation is 1. The lowest BCUT2D eigenvalue weighted by atomic mass is 9.98. The molecule has 4 rings (SSSR count). The summed E-state index contributed by atoms with van der Waals surface area (Å²) in [6, 6.07) is 17.1. The maximum absolute atomic E-state index is 13.0. The summed E-state index contributed by atoms with van der Waals surface area (Å²) >= 11 is 0. The maximum atomic E-state index is 13.0. The number of likely N-dealkylation sites (tertiary alicyclic amines) is 1. The fraction of sp³-hybridized carbons (Fsp3) is 0.200. The highest BCUT2D eigenvalue weighted by atomic mass is 16.5. The minimum absolute atomic E-state index is 0.0205. The van der Waals surface area contributed by atoms with Crippen LogP contribution in [-0.2, 0) is 22.6 Å². The number of rotatable bonds is 6. The molecule has 6 heteroatoms. The summed E-state index contributed by atoms with van der Waals surface area (Å²) in [5.74, 6) is -0.568. The van der Waals surface area contributed by atoms with Crippen molar-refractivity contribution in [2.24, 2.45) is 0 Å². The molecule has 31 heavy (non-hydrogen) atoms. The minimum Gasteiger partial charge on any atom is -0.507 e. The lowest BCUT2D eigenvalue weighted by molar-refractivity contribution is -0.140. The van der Waals surface area contributed by atoms with Crippen LogP contribution >= 0.6 is 0 Å². The number of furan rings is 1. The quantitative estimate of drug-likeness (QED) is 0.364. The Kier molecular flexibility index (Phi) is 5.62. The highest BCUT2D eigenvalue weighted by Gasteiger charge is 2.47. The van der Waals surface area contributed by atoms with Crippen LogP contribution in [0.25, 0.3) is 5.76 Å². The first-order valence-electron chi connectivity index (χ1n) is 10.1. The van der Waals surface area contributed by atoms with E-state index in [0.29, 0.717) is 17.1 Å². The van der Waals surface area contributed by atoms with Gasteiger partial charge in [-0.3, -0.25) is 9.59 Å². The fourth-order valence-corrected chi connectivity index (χ4v) is 3.81. The topological polar surface area (TPSA) is 80.0 Å². The summed E-state index contributed by atoms with van der Waals surface area (Å²) in [5.41, 5.74) is 2.41. The van der Waals surface area contributed by atoms with Crippen LogP contribution in [0.2, 0.25) is 0 Å². The van der Waals surface area contributed by atoms with Gasteiger partial charge in [0.15, 0.2) is 0 Å². The average Bonchev–Trinajstić information content (AvgIpc) is 3.41. The predicted octanol–water partition coefficient (Wildman–Crippen LogP) is 4.47. The second-order valence-corrected chi connectivity index (χ2v) is 7.34. The van der Waals surface area contributed by atoms with Crippen molar-refractivity contribution in [1.29, 1.82) is 0 Å². The van der Waals surface area contributed by atoms with E-state index >= 15 is 0 Å². The van der Waals surface area contributed by atoms with Crippen LogP contribution in [0, 0.1) is 0 Å². The SMILES string of the molecule is CCc1ccc(/C(O)=C2/C(=O)C(=O)N(Cc3cccc(OC)c3)C2c2ccco2)cc1. The molecule has 0 radical (unpaired) electrons. The monoisotopic (exact) mass is 417 g/mol. The van der Waals surface area contributed by atoms with Crippen molar-refractivity contribution in [3.8, 4) is 5.75 Å². The van der Waals surface area contributed by atoms with Gasteiger partial charge in [-0.15, -0.1) is 0 Å². The largest absolute Gasteiger partial charge is 0.507 e. The van der Waals surface area contributed by atoms with Crippen molar-refractivity contribution in [3.05, 3.63) is 95.0 Å². The summed E-state index contributed by atoms with van der Waals surface area (Å²) in [4.78, 5) is 27.4. The molecule has 1 aliphatic heterocycles. The van der Waals surface area contributed by atoms with Crippen LogP contribution in [0.1, 0.15) is 35.4 Å². The molecule has 0 saturated carbocycles. The Labute approximate surface area is 180 Å². The van der Waals surface area contributed by atoms with Crippen LogP contribution < -0.4 is 4.74 Å². The first-order valence-corrected chi connectivity index (χ1v) is 10.1. The molecule has 158 valence electrons. The van der Waals surface area contributed by atoms with Crippen molar-refractivity contribution < 1.29 is 23.8 Å². The molecule has 6 nitrogen and oxygen atoms in total. The van der Waals surface area contributed by atoms with Crippen LogP contribution in [-0.4, -0.2) is 28.8 Å². The zero-order valence-corrected chi connectivity index (χ0v) is 17.4. The number of benzene rings is 2. The lowest BCUT2D eigenvalue weighted by Crippen LogP contribution is -2.29. The molecular weight excluding hydrogens is 394 g/mol. The molecule has 0 spiro atoms. The third kappa shape index (κ3) is 3.84. The normalized spacial score (nSPS) is 17.9. The molecule has 1 aliphatic rings. The van der Waals surface area contributed by atoms with Gasteiger partial charge in [-0.05, 0) is 41.8 Å². The van der Waals surface area contributed by atoms with Gasteiger partial charge in [-0.25, -0.2) is 0 Å². The Morgan fingerprint density at radius 2 is 1.84 bits per heavy atom. The number of aliphatic hydroxyl groups excluding tert-OH is 1. The Morgan fingerprint density at radius 1 is 1.06 bits per heavy atom. The van der Waals surface area contributed by atoms with Crippen LogP contribution in [0.5, 0.6) is 5.75 Å². The highest BCUT2D eigenvalue weighted by Crippen LogP contribution is 2.40. The number of methoxy groups -OCH3 is 1. The number of carbonyl (C=O) groups excluding carboxylic acids is 2. The first kappa shape index (κ1) is 20.5. The molecule has 3 aromatic rings. The lowest BCUT2D eigenvalue weighted by Gasteiger charge is -2.23. The molecule has 1 amide bonds. The van der Waals surface area contributed by atoms with E-state index in [-0.39, 0.29) is 17.9 Å². The predicted molar refractivity (Wildman–Crippen MR) is 115 cm³/mol. The third-order valence-corrected chi connectivity index (χ3v) is 5.48. The van der Waals surface area contributed by atoms with Gasteiger partial charge in [0, 0.05) is 12.1 Å². The molecule has 1 unspecified atom stereocenters. The highest BCUT2D eigenvalue weighted by molar-refractivity contribution is 6.46. The molecule has 0 bridgehead atoms. The summed E-state index contributed by atoms with van der Waals surface area (Å²) in [6.45, 7) is 2.20. The Morgan fingerprint density at radius 3 is 2.48 bits per heavy atom. The number of hydrogen-bond acceptors (Lipinski definition) is 5. The van der Waals surface area contributed by atoms with Crippen molar-refractivity contribution in [2.45, 2.75) is 25.9 Å². The fourth-order valence-electron chi connectivity index (χ4n) is 3.81. The van der Waals surface area contributed by atoms with Crippen molar-refractivity contribution in [3.63, 3.8) is 0 Å². The summed E-state index contributed by atoms with van der Waals surface area (Å²) in [7, 11) is 1.57. The summed E-state index contributed by atoms with van der Waals surface area (Å²) in [5, 5.41) is 11.0. The van der Waals surface area contributed by atoms with E-state index in [1.165, 1.54) is 11.2 Å². The number of aliphatic hydroxyl groups is 1. The van der Waals surface area contributed by atoms with Crippen molar-refractivity contribution in [1.82, 2.24) is 4.90 Å². The number of carbonyl (C=O) groups is 2. The van der Waals surface area contributed by atoms with E-state index < -0.39 is 17.7 Å². The first-order chi connectivity index (χ1) is 15.0. The molecule has 2 heterocycles. The number of hydrogen-bond donors (Lipinski definition) is 1. The van der Waals surface area contributed by atoms with Crippen LogP contribution in [0.3, 0.4) is 0 Å². The molecule has 1 saturated heterocycles. The van der Waals surface area contributed by atoms with Gasteiger partial charge in [-0.1, -0.05) is 43.3 Å². The molecule has 0 aliphatic carbocycles. The maximum Gasteiger partial charge on any atom is 0.296 e. The number of ether oxygens (including phenoxy) is 1. The zero-order valence-electron chi connectivity index (χ0n) is 17.4. The van der Waals surface area contributed by atoms with E-state index in [0.717, 1.165) is 17.5 Å². The van der Waals surface area contributed by atoms with E-state index in [4.69, 9.17) is 9.15 Å². The Balaban J connectivity index is 1.79. The van der Waals surface area contributed by atoms with Gasteiger partial charge >= 0.3 is 0 Å². The van der Waals surface area contributed by atoms with Gasteiger partial charge in [0.2, 0.25) is 0 Å². The van der Waals surface area contributed by atoms with Crippen LogP contribution in [0.15, 0.2) is 76.9 Å². The number of Topliss-reactive ketones (excluding diaryl/α,β-unsaturated/α-hetero) is 1. The van der Waals surface area contributed by atoms with Crippen molar-refractivity contribution in [2.75, 3.05) is 7.11 Å². The summed E-state index contributed by atoms with van der Waals surface area (Å²) < 4.78 is 10.8. The number of nitrogens with zero attached hydrogens (tertiary/aromatic N) is 1. The smallest absolute Gasteiger partial charge is 0.296 e. The van der Waals surface area contributed by atoms with Crippen molar-refractivity contribution >= 4 is 17.4 Å². The number of ketones is 1. The number of amides is 1. The van der Waals surface area contributed by atoms with Gasteiger partial charge in [0.05, 0.1) is 18.9 Å². The van der Waals surface area contributed by atoms with Gasteiger partial charge in [0.1, 0.15) is 23.3 Å². The molecule has 1 atom stereocenters. The Hall–Kier alpha value is -3.80. The van der Waals surface area contributed by atoms with Gasteiger partial charge in [0.25, 0.3) is 11.7 Å².